The smallest absolute Gasteiger partial charge is 0.316 e. The Morgan fingerprint density at radius 1 is 1.25 bits per heavy atom. The van der Waals surface area contributed by atoms with Crippen LogP contribution in [0.1, 0.15) is 16.5 Å². The zero-order valence-electron chi connectivity index (χ0n) is 15.0. The van der Waals surface area contributed by atoms with Crippen LogP contribution in [0.25, 0.3) is 28.7 Å². The predicted molar refractivity (Wildman–Crippen MR) is 102 cm³/mol. The summed E-state index contributed by atoms with van der Waals surface area (Å²) in [6, 6.07) is 7.55. The minimum atomic E-state index is -0.283. The van der Waals surface area contributed by atoms with Crippen LogP contribution in [0.5, 0.6) is 0 Å². The number of benzene rings is 1. The molecule has 9 nitrogen and oxygen atoms in total. The molecule has 1 fully saturated rings. The predicted octanol–water partition coefficient (Wildman–Crippen LogP) is 2.26. The van der Waals surface area contributed by atoms with Gasteiger partial charge in [-0.15, -0.1) is 0 Å². The fourth-order valence-corrected chi connectivity index (χ4v) is 2.86. The van der Waals surface area contributed by atoms with E-state index in [1.54, 1.807) is 23.2 Å². The Morgan fingerprint density at radius 3 is 2.89 bits per heavy atom. The standard InChI is InChI=1S/C19H18N6O3/c20-6-2-5-16-21-12-15(22-16)13-3-1-4-14(11-13)17-23-18(28-24-17)19(26)25-7-9-27-10-8-25/h1-6,11-12,20H,7-10H2,(H,21,22)/b5-2-,20-6?. The molecule has 3 aromatic rings. The van der Waals surface area contributed by atoms with E-state index in [0.29, 0.717) is 38.0 Å². The van der Waals surface area contributed by atoms with Crippen molar-refractivity contribution in [3.05, 3.63) is 48.3 Å². The number of aromatic amines is 1. The number of hydrogen-bond acceptors (Lipinski definition) is 7. The molecule has 2 N–H and O–H groups in total. The fraction of sp³-hybridized carbons (Fsp3) is 0.211. The maximum Gasteiger partial charge on any atom is 0.316 e. The molecule has 0 aliphatic carbocycles. The number of rotatable bonds is 5. The van der Waals surface area contributed by atoms with E-state index in [4.69, 9.17) is 14.7 Å². The van der Waals surface area contributed by atoms with Gasteiger partial charge in [0.1, 0.15) is 5.82 Å². The van der Waals surface area contributed by atoms with Crippen LogP contribution < -0.4 is 0 Å². The fourth-order valence-electron chi connectivity index (χ4n) is 2.86. The van der Waals surface area contributed by atoms with Gasteiger partial charge < -0.3 is 24.6 Å². The largest absolute Gasteiger partial charge is 0.378 e. The number of H-pyrrole nitrogens is 1. The molecule has 1 aliphatic heterocycles. The lowest BCUT2D eigenvalue weighted by Crippen LogP contribution is -2.40. The van der Waals surface area contributed by atoms with Gasteiger partial charge in [0.2, 0.25) is 5.82 Å². The number of imidazole rings is 1. The minimum absolute atomic E-state index is 0.0251. The molecule has 28 heavy (non-hydrogen) atoms. The van der Waals surface area contributed by atoms with Crippen molar-refractivity contribution in [1.29, 1.82) is 5.41 Å². The van der Waals surface area contributed by atoms with Crippen molar-refractivity contribution >= 4 is 18.2 Å². The van der Waals surface area contributed by atoms with Crippen LogP contribution in [-0.4, -0.2) is 63.4 Å². The summed E-state index contributed by atoms with van der Waals surface area (Å²) in [5, 5.41) is 11.0. The summed E-state index contributed by atoms with van der Waals surface area (Å²) in [4.78, 5) is 25.8. The molecule has 9 heteroatoms. The third-order valence-electron chi connectivity index (χ3n) is 4.28. The van der Waals surface area contributed by atoms with E-state index in [1.165, 1.54) is 6.21 Å². The number of nitrogens with zero attached hydrogens (tertiary/aromatic N) is 4. The van der Waals surface area contributed by atoms with Crippen molar-refractivity contribution in [1.82, 2.24) is 25.0 Å². The number of aromatic nitrogens is 4. The Morgan fingerprint density at radius 2 is 2.07 bits per heavy atom. The van der Waals surface area contributed by atoms with Gasteiger partial charge in [0.05, 0.1) is 25.1 Å². The molecular formula is C19H18N6O3. The van der Waals surface area contributed by atoms with E-state index in [0.717, 1.165) is 16.8 Å². The minimum Gasteiger partial charge on any atom is -0.378 e. The number of carbonyl (C=O) groups is 1. The van der Waals surface area contributed by atoms with E-state index < -0.39 is 0 Å². The number of carbonyl (C=O) groups excluding carboxylic acids is 1. The van der Waals surface area contributed by atoms with Crippen LogP contribution in [0.15, 0.2) is 41.1 Å². The van der Waals surface area contributed by atoms with Crippen molar-refractivity contribution in [2.75, 3.05) is 26.3 Å². The summed E-state index contributed by atoms with van der Waals surface area (Å²) in [5.41, 5.74) is 2.44. The number of ether oxygens (including phenoxy) is 1. The van der Waals surface area contributed by atoms with E-state index in [-0.39, 0.29) is 11.8 Å². The molecule has 1 aromatic carbocycles. The highest BCUT2D eigenvalue weighted by atomic mass is 16.5. The number of allylic oxidation sites excluding steroid dienone is 1. The van der Waals surface area contributed by atoms with E-state index >= 15 is 0 Å². The first kappa shape index (κ1) is 17.8. The van der Waals surface area contributed by atoms with Crippen molar-refractivity contribution in [2.24, 2.45) is 0 Å². The first-order chi connectivity index (χ1) is 13.7. The second kappa shape index (κ2) is 7.97. The second-order valence-corrected chi connectivity index (χ2v) is 6.12. The molecule has 1 amide bonds. The molecule has 1 saturated heterocycles. The van der Waals surface area contributed by atoms with Gasteiger partial charge in [-0.3, -0.25) is 4.79 Å². The number of hydrogen-bond donors (Lipinski definition) is 2. The van der Waals surface area contributed by atoms with Gasteiger partial charge in [0, 0.05) is 30.4 Å². The second-order valence-electron chi connectivity index (χ2n) is 6.12. The molecule has 2 aromatic heterocycles. The molecule has 142 valence electrons. The summed E-state index contributed by atoms with van der Waals surface area (Å²) in [5.74, 6) is 0.695. The van der Waals surface area contributed by atoms with Crippen molar-refractivity contribution in [3.8, 4) is 22.6 Å². The zero-order valence-corrected chi connectivity index (χ0v) is 15.0. The Balaban J connectivity index is 1.55. The molecule has 0 bridgehead atoms. The lowest BCUT2D eigenvalue weighted by molar-refractivity contribution is 0.0272. The van der Waals surface area contributed by atoms with Crippen molar-refractivity contribution in [3.63, 3.8) is 0 Å². The average Bonchev–Trinajstić information content (AvgIpc) is 3.42. The quantitative estimate of drug-likeness (QED) is 0.657. The van der Waals surface area contributed by atoms with Crippen molar-refractivity contribution < 1.29 is 14.1 Å². The lowest BCUT2D eigenvalue weighted by Gasteiger charge is -2.25. The summed E-state index contributed by atoms with van der Waals surface area (Å²) < 4.78 is 10.4. The highest BCUT2D eigenvalue weighted by molar-refractivity contribution is 5.90. The Labute approximate surface area is 160 Å². The van der Waals surface area contributed by atoms with Gasteiger partial charge in [0.15, 0.2) is 0 Å². The molecule has 0 radical (unpaired) electrons. The van der Waals surface area contributed by atoms with Crippen LogP contribution in [0.2, 0.25) is 0 Å². The maximum absolute atomic E-state index is 12.5. The van der Waals surface area contributed by atoms with Gasteiger partial charge in [-0.1, -0.05) is 23.4 Å². The monoisotopic (exact) mass is 378 g/mol. The van der Waals surface area contributed by atoms with Crippen LogP contribution in [0, 0.1) is 5.41 Å². The molecule has 0 saturated carbocycles. The van der Waals surface area contributed by atoms with Crippen molar-refractivity contribution in [2.45, 2.75) is 0 Å². The highest BCUT2D eigenvalue weighted by Gasteiger charge is 2.24. The van der Waals surface area contributed by atoms with E-state index in [1.807, 2.05) is 24.3 Å². The number of morpholine rings is 1. The summed E-state index contributed by atoms with van der Waals surface area (Å²) in [7, 11) is 0. The Hall–Kier alpha value is -3.59. The maximum atomic E-state index is 12.5. The lowest BCUT2D eigenvalue weighted by atomic mass is 10.1. The van der Waals surface area contributed by atoms with Gasteiger partial charge in [-0.25, -0.2) is 4.98 Å². The highest BCUT2D eigenvalue weighted by Crippen LogP contribution is 2.24. The molecule has 0 spiro atoms. The molecule has 4 rings (SSSR count). The molecule has 0 unspecified atom stereocenters. The molecule has 0 atom stereocenters. The van der Waals surface area contributed by atoms with E-state index in [2.05, 4.69) is 20.1 Å². The summed E-state index contributed by atoms with van der Waals surface area (Å²) >= 11 is 0. The third kappa shape index (κ3) is 3.74. The normalized spacial score (nSPS) is 14.5. The average molecular weight is 378 g/mol. The SMILES string of the molecule is N=C/C=C\c1ncc(-c2cccc(-c3noc(C(=O)N4CCOCC4)n3)c2)[nH]1. The topological polar surface area (TPSA) is 121 Å². The van der Waals surface area contributed by atoms with Gasteiger partial charge >= 0.3 is 11.8 Å². The molecule has 3 heterocycles. The zero-order chi connectivity index (χ0) is 19.3. The first-order valence-corrected chi connectivity index (χ1v) is 8.78. The van der Waals surface area contributed by atoms with Gasteiger partial charge in [-0.2, -0.15) is 4.98 Å². The number of amides is 1. The van der Waals surface area contributed by atoms with Gasteiger partial charge in [-0.05, 0) is 18.2 Å². The van der Waals surface area contributed by atoms with E-state index in [9.17, 15) is 4.79 Å². The third-order valence-corrected chi connectivity index (χ3v) is 4.28. The molecule has 1 aliphatic rings. The summed E-state index contributed by atoms with van der Waals surface area (Å²) in [6.45, 7) is 2.05. The van der Waals surface area contributed by atoms with Crippen LogP contribution in [0.4, 0.5) is 0 Å². The first-order valence-electron chi connectivity index (χ1n) is 8.78. The summed E-state index contributed by atoms with van der Waals surface area (Å²) in [6.07, 6.45) is 6.20. The Kier molecular flexibility index (Phi) is 5.07. The number of nitrogens with one attached hydrogen (secondary N) is 2. The van der Waals surface area contributed by atoms with Crippen LogP contribution >= 0.6 is 0 Å². The Bertz CT molecular complexity index is 1020. The molecular weight excluding hydrogens is 360 g/mol. The van der Waals surface area contributed by atoms with Gasteiger partial charge in [0.25, 0.3) is 0 Å². The van der Waals surface area contributed by atoms with Crippen LogP contribution in [-0.2, 0) is 4.74 Å². The van der Waals surface area contributed by atoms with Crippen LogP contribution in [0.3, 0.4) is 0 Å².